The van der Waals surface area contributed by atoms with E-state index in [1.54, 1.807) is 0 Å². The van der Waals surface area contributed by atoms with Crippen molar-refractivity contribution in [1.82, 2.24) is 0 Å². The number of aliphatic hydroxyl groups is 1. The summed E-state index contributed by atoms with van der Waals surface area (Å²) in [5, 5.41) is 9.21. The molecule has 3 heteroatoms. The van der Waals surface area contributed by atoms with Gasteiger partial charge in [-0.3, -0.25) is 0 Å². The number of ether oxygens (including phenoxy) is 1. The lowest BCUT2D eigenvalue weighted by molar-refractivity contribution is -0.147. The smallest absolute Gasteiger partial charge is 0.336 e. The highest BCUT2D eigenvalue weighted by Crippen LogP contribution is 2.67. The summed E-state index contributed by atoms with van der Waals surface area (Å²) in [7, 11) is 0. The summed E-state index contributed by atoms with van der Waals surface area (Å²) >= 11 is 0. The Morgan fingerprint density at radius 3 is 2.56 bits per heavy atom. The first kappa shape index (κ1) is 27.7. The number of aliphatic hydroxyl groups excluding tert-OH is 1. The molecule has 1 unspecified atom stereocenters. The third-order valence-electron chi connectivity index (χ3n) is 11.5. The van der Waals surface area contributed by atoms with Crippen LogP contribution in [0.15, 0.2) is 36.0 Å². The van der Waals surface area contributed by atoms with Gasteiger partial charge in [-0.25, -0.2) is 4.79 Å². The van der Waals surface area contributed by atoms with Crippen LogP contribution in [0.3, 0.4) is 0 Å². The molecule has 0 spiro atoms. The second-order valence-electron chi connectivity index (χ2n) is 13.6. The van der Waals surface area contributed by atoms with Gasteiger partial charge in [-0.2, -0.15) is 0 Å². The van der Waals surface area contributed by atoms with E-state index >= 15 is 0 Å². The number of carbonyl (C=O) groups excluding carboxylic acids is 1. The van der Waals surface area contributed by atoms with Crippen molar-refractivity contribution in [2.75, 3.05) is 6.61 Å². The maximum Gasteiger partial charge on any atom is 0.336 e. The molecule has 3 saturated carbocycles. The highest BCUT2D eigenvalue weighted by atomic mass is 16.5. The average molecular weight is 497 g/mol. The van der Waals surface area contributed by atoms with E-state index in [9.17, 15) is 9.90 Å². The van der Waals surface area contributed by atoms with E-state index in [-0.39, 0.29) is 23.7 Å². The van der Waals surface area contributed by atoms with Crippen LogP contribution in [0, 0.1) is 52.3 Å². The molecule has 3 nitrogen and oxygen atoms in total. The minimum absolute atomic E-state index is 0.0770. The van der Waals surface area contributed by atoms with E-state index < -0.39 is 5.97 Å². The standard InChI is InChI=1S/C33H52O3/c1-8-24(21(2)3)10-9-22(4)28-13-14-29-27-12-11-25-19-26(36-31(35)23(5)20-34)15-17-32(25,6)30(27)16-18-33(28,29)7/h9-11,21-22,24,26-30,34H,5,8,12-20H2,1-4,6-7H3/b10-9+/t22-,24-,26+,27+,28?,29+,30+,32+,33-/m1/s1. The topological polar surface area (TPSA) is 46.5 Å². The van der Waals surface area contributed by atoms with Crippen LogP contribution >= 0.6 is 0 Å². The number of esters is 1. The average Bonchev–Trinajstić information content (AvgIpc) is 3.21. The molecule has 9 atom stereocenters. The van der Waals surface area contributed by atoms with Crippen molar-refractivity contribution in [3.05, 3.63) is 36.0 Å². The molecule has 0 bridgehead atoms. The van der Waals surface area contributed by atoms with Crippen molar-refractivity contribution in [1.29, 1.82) is 0 Å². The van der Waals surface area contributed by atoms with Crippen LogP contribution in [0.1, 0.15) is 99.3 Å². The zero-order chi connectivity index (χ0) is 26.3. The maximum atomic E-state index is 12.2. The number of rotatable bonds is 8. The molecule has 0 heterocycles. The highest BCUT2D eigenvalue weighted by molar-refractivity contribution is 5.88. The van der Waals surface area contributed by atoms with E-state index in [0.29, 0.717) is 17.3 Å². The van der Waals surface area contributed by atoms with Crippen molar-refractivity contribution < 1.29 is 14.6 Å². The number of hydrogen-bond acceptors (Lipinski definition) is 3. The fourth-order valence-electron chi connectivity index (χ4n) is 9.21. The third kappa shape index (κ3) is 4.91. The highest BCUT2D eigenvalue weighted by Gasteiger charge is 2.59. The number of allylic oxidation sites excluding steroid dienone is 3. The Morgan fingerprint density at radius 2 is 1.89 bits per heavy atom. The molecule has 36 heavy (non-hydrogen) atoms. The molecule has 202 valence electrons. The van der Waals surface area contributed by atoms with Gasteiger partial charge in [-0.05, 0) is 104 Å². The van der Waals surface area contributed by atoms with Crippen molar-refractivity contribution in [2.45, 2.75) is 105 Å². The van der Waals surface area contributed by atoms with Crippen LogP contribution in [0.5, 0.6) is 0 Å². The van der Waals surface area contributed by atoms with Crippen LogP contribution in [0.25, 0.3) is 0 Å². The van der Waals surface area contributed by atoms with Gasteiger partial charge in [0.25, 0.3) is 0 Å². The zero-order valence-electron chi connectivity index (χ0n) is 23.9. The lowest BCUT2D eigenvalue weighted by atomic mass is 9.47. The van der Waals surface area contributed by atoms with E-state index in [2.05, 4.69) is 66.3 Å². The molecule has 0 amide bonds. The van der Waals surface area contributed by atoms with Gasteiger partial charge in [0.15, 0.2) is 0 Å². The van der Waals surface area contributed by atoms with E-state index in [4.69, 9.17) is 4.74 Å². The van der Waals surface area contributed by atoms with Crippen LogP contribution < -0.4 is 0 Å². The summed E-state index contributed by atoms with van der Waals surface area (Å²) in [6, 6.07) is 0. The van der Waals surface area contributed by atoms with Gasteiger partial charge in [0.2, 0.25) is 0 Å². The van der Waals surface area contributed by atoms with Gasteiger partial charge in [0, 0.05) is 6.42 Å². The fourth-order valence-corrected chi connectivity index (χ4v) is 9.21. The summed E-state index contributed by atoms with van der Waals surface area (Å²) in [5.74, 6) is 4.84. The Bertz CT molecular complexity index is 883. The predicted molar refractivity (Wildman–Crippen MR) is 148 cm³/mol. The normalized spacial score (nSPS) is 39.7. The van der Waals surface area contributed by atoms with Gasteiger partial charge in [-0.15, -0.1) is 0 Å². The van der Waals surface area contributed by atoms with Gasteiger partial charge in [0.1, 0.15) is 6.10 Å². The molecule has 0 radical (unpaired) electrons. The molecule has 0 aromatic rings. The van der Waals surface area contributed by atoms with Crippen molar-refractivity contribution in [3.63, 3.8) is 0 Å². The molecule has 3 fully saturated rings. The van der Waals surface area contributed by atoms with Crippen LogP contribution in [0.4, 0.5) is 0 Å². The molecular formula is C33H52O3. The molecule has 0 aromatic heterocycles. The van der Waals surface area contributed by atoms with E-state index in [0.717, 1.165) is 48.9 Å². The molecule has 4 rings (SSSR count). The SMILES string of the molecule is C=C(CO)C(=O)O[C@H]1CC[C@@]2(C)C(=CC[C@@H]3[C@@H]2CC[C@]2(C)C([C@H](C)/C=C/[C@@H](CC)C(C)C)CC[C@@H]32)C1. The first-order valence-corrected chi connectivity index (χ1v) is 14.9. The Balaban J connectivity index is 1.46. The molecule has 1 N–H and O–H groups in total. The first-order valence-electron chi connectivity index (χ1n) is 14.9. The Morgan fingerprint density at radius 1 is 1.14 bits per heavy atom. The number of carbonyl (C=O) groups is 1. The lowest BCUT2D eigenvalue weighted by Crippen LogP contribution is -2.51. The molecule has 4 aliphatic carbocycles. The lowest BCUT2D eigenvalue weighted by Gasteiger charge is -2.58. The van der Waals surface area contributed by atoms with E-state index in [1.807, 2.05) is 0 Å². The summed E-state index contributed by atoms with van der Waals surface area (Å²) in [4.78, 5) is 12.2. The second-order valence-corrected chi connectivity index (χ2v) is 13.6. The van der Waals surface area contributed by atoms with Crippen LogP contribution in [0.2, 0.25) is 0 Å². The predicted octanol–water partition coefficient (Wildman–Crippen LogP) is 7.90. The van der Waals surface area contributed by atoms with Gasteiger partial charge in [-0.1, -0.05) is 71.9 Å². The Kier molecular flexibility index (Phi) is 8.30. The van der Waals surface area contributed by atoms with Crippen LogP contribution in [-0.2, 0) is 9.53 Å². The van der Waals surface area contributed by atoms with Crippen LogP contribution in [-0.4, -0.2) is 23.8 Å². The van der Waals surface area contributed by atoms with Crippen molar-refractivity contribution in [2.24, 2.45) is 52.3 Å². The quantitative estimate of drug-likeness (QED) is 0.211. The Hall–Kier alpha value is -1.35. The summed E-state index contributed by atoms with van der Waals surface area (Å²) in [6.07, 6.45) is 18.4. The maximum absolute atomic E-state index is 12.2. The molecular weight excluding hydrogens is 444 g/mol. The largest absolute Gasteiger partial charge is 0.459 e. The minimum Gasteiger partial charge on any atom is -0.459 e. The fraction of sp³-hybridized carbons (Fsp3) is 0.788. The third-order valence-corrected chi connectivity index (χ3v) is 11.5. The van der Waals surface area contributed by atoms with Gasteiger partial charge < -0.3 is 9.84 Å². The van der Waals surface area contributed by atoms with E-state index in [1.165, 1.54) is 44.1 Å². The molecule has 4 aliphatic rings. The summed E-state index contributed by atoms with van der Waals surface area (Å²) in [5.41, 5.74) is 2.39. The van der Waals surface area contributed by atoms with Crippen molar-refractivity contribution >= 4 is 5.97 Å². The number of hydrogen-bond donors (Lipinski definition) is 1. The molecule has 0 saturated heterocycles. The summed E-state index contributed by atoms with van der Waals surface area (Å²) < 4.78 is 5.72. The monoisotopic (exact) mass is 496 g/mol. The van der Waals surface area contributed by atoms with Gasteiger partial charge >= 0.3 is 5.97 Å². The van der Waals surface area contributed by atoms with Gasteiger partial charge in [0.05, 0.1) is 12.2 Å². The Labute approximate surface area is 220 Å². The molecule has 0 aromatic carbocycles. The molecule has 0 aliphatic heterocycles. The van der Waals surface area contributed by atoms with Crippen molar-refractivity contribution in [3.8, 4) is 0 Å². The zero-order valence-corrected chi connectivity index (χ0v) is 23.9. The summed E-state index contributed by atoms with van der Waals surface area (Å²) in [6.45, 7) is 18.0. The second kappa shape index (κ2) is 10.8. The number of fused-ring (bicyclic) bond motifs is 5. The minimum atomic E-state index is -0.437. The first-order chi connectivity index (χ1) is 17.0.